The molecule has 2 fully saturated rings. The van der Waals surface area contributed by atoms with Crippen LogP contribution in [0, 0.1) is 5.92 Å². The first-order valence-corrected chi connectivity index (χ1v) is 7.66. The molecule has 4 heteroatoms. The highest BCUT2D eigenvalue weighted by Crippen LogP contribution is 2.16. The summed E-state index contributed by atoms with van der Waals surface area (Å²) in [6, 6.07) is 8.24. The van der Waals surface area contributed by atoms with Crippen LogP contribution >= 0.6 is 0 Å². The largest absolute Gasteiger partial charge is 0.399 e. The number of hydrogen-bond donors (Lipinski definition) is 1. The van der Waals surface area contributed by atoms with Crippen LogP contribution in [0.2, 0.25) is 0 Å². The van der Waals surface area contributed by atoms with Crippen LogP contribution in [-0.4, -0.2) is 55.7 Å². The topological polar surface area (TPSA) is 41.7 Å². The van der Waals surface area contributed by atoms with E-state index in [4.69, 9.17) is 10.5 Å². The SMILES string of the molecule is Nc1cccc(CN2CCN(CC3CCOC3)CC2)c1. The van der Waals surface area contributed by atoms with Crippen LogP contribution < -0.4 is 5.73 Å². The van der Waals surface area contributed by atoms with Gasteiger partial charge in [-0.3, -0.25) is 4.90 Å². The zero-order valence-electron chi connectivity index (χ0n) is 12.1. The molecular formula is C16H25N3O. The Labute approximate surface area is 121 Å². The van der Waals surface area contributed by atoms with E-state index in [1.807, 2.05) is 12.1 Å². The Kier molecular flexibility index (Phi) is 4.55. The Morgan fingerprint density at radius 1 is 1.15 bits per heavy atom. The van der Waals surface area contributed by atoms with E-state index in [-0.39, 0.29) is 0 Å². The predicted molar refractivity (Wildman–Crippen MR) is 81.5 cm³/mol. The van der Waals surface area contributed by atoms with Gasteiger partial charge in [0.15, 0.2) is 0 Å². The number of rotatable bonds is 4. The van der Waals surface area contributed by atoms with Crippen molar-refractivity contribution in [2.75, 3.05) is 51.7 Å². The van der Waals surface area contributed by atoms with Crippen molar-refractivity contribution in [1.82, 2.24) is 9.80 Å². The average Bonchev–Trinajstić information content (AvgIpc) is 2.94. The Morgan fingerprint density at radius 2 is 1.95 bits per heavy atom. The van der Waals surface area contributed by atoms with E-state index in [1.165, 1.54) is 31.6 Å². The molecule has 0 aliphatic carbocycles. The zero-order valence-corrected chi connectivity index (χ0v) is 12.1. The van der Waals surface area contributed by atoms with Gasteiger partial charge < -0.3 is 15.4 Å². The Balaban J connectivity index is 1.43. The van der Waals surface area contributed by atoms with Crippen molar-refractivity contribution in [1.29, 1.82) is 0 Å². The van der Waals surface area contributed by atoms with Crippen LogP contribution in [0.5, 0.6) is 0 Å². The Bertz CT molecular complexity index is 423. The van der Waals surface area contributed by atoms with Crippen molar-refractivity contribution < 1.29 is 4.74 Å². The van der Waals surface area contributed by atoms with Crippen molar-refractivity contribution in [3.05, 3.63) is 29.8 Å². The molecule has 2 aliphatic heterocycles. The molecule has 2 heterocycles. The summed E-state index contributed by atoms with van der Waals surface area (Å²) in [6.45, 7) is 8.82. The fraction of sp³-hybridized carbons (Fsp3) is 0.625. The maximum absolute atomic E-state index is 5.84. The molecule has 1 atom stereocenters. The van der Waals surface area contributed by atoms with Crippen LogP contribution in [0.3, 0.4) is 0 Å². The molecule has 110 valence electrons. The van der Waals surface area contributed by atoms with Crippen molar-refractivity contribution in [2.24, 2.45) is 5.92 Å². The number of nitrogens with two attached hydrogens (primary N) is 1. The average molecular weight is 275 g/mol. The zero-order chi connectivity index (χ0) is 13.8. The second-order valence-electron chi connectivity index (χ2n) is 6.05. The lowest BCUT2D eigenvalue weighted by Gasteiger charge is -2.35. The van der Waals surface area contributed by atoms with Crippen LogP contribution in [0.1, 0.15) is 12.0 Å². The molecular weight excluding hydrogens is 250 g/mol. The Morgan fingerprint density at radius 3 is 2.65 bits per heavy atom. The molecule has 2 N–H and O–H groups in total. The van der Waals surface area contributed by atoms with Gasteiger partial charge in [0.2, 0.25) is 0 Å². The van der Waals surface area contributed by atoms with Gasteiger partial charge in [-0.1, -0.05) is 12.1 Å². The molecule has 0 spiro atoms. The smallest absolute Gasteiger partial charge is 0.0507 e. The summed E-state index contributed by atoms with van der Waals surface area (Å²) < 4.78 is 5.46. The molecule has 0 bridgehead atoms. The number of nitrogen functional groups attached to an aromatic ring is 1. The molecule has 4 nitrogen and oxygen atoms in total. The highest BCUT2D eigenvalue weighted by Gasteiger charge is 2.22. The maximum Gasteiger partial charge on any atom is 0.0507 e. The summed E-state index contributed by atoms with van der Waals surface area (Å²) >= 11 is 0. The number of ether oxygens (including phenoxy) is 1. The number of benzene rings is 1. The first kappa shape index (κ1) is 13.9. The maximum atomic E-state index is 5.84. The van der Waals surface area contributed by atoms with Gasteiger partial charge in [-0.25, -0.2) is 0 Å². The lowest BCUT2D eigenvalue weighted by molar-refractivity contribution is 0.107. The molecule has 0 amide bonds. The van der Waals surface area contributed by atoms with Gasteiger partial charge in [-0.2, -0.15) is 0 Å². The van der Waals surface area contributed by atoms with Crippen molar-refractivity contribution in [3.8, 4) is 0 Å². The standard InChI is InChI=1S/C16H25N3O/c17-16-3-1-2-14(10-16)11-18-5-7-19(8-6-18)12-15-4-9-20-13-15/h1-3,10,15H,4-9,11-13,17H2. The predicted octanol–water partition coefficient (Wildman–Crippen LogP) is 1.42. The number of anilines is 1. The van der Waals surface area contributed by atoms with E-state index in [0.717, 1.165) is 44.5 Å². The van der Waals surface area contributed by atoms with Crippen molar-refractivity contribution in [2.45, 2.75) is 13.0 Å². The normalized spacial score (nSPS) is 25.1. The van der Waals surface area contributed by atoms with Gasteiger partial charge in [0.25, 0.3) is 0 Å². The van der Waals surface area contributed by atoms with Gasteiger partial charge in [-0.05, 0) is 30.0 Å². The lowest BCUT2D eigenvalue weighted by atomic mass is 10.1. The first-order chi connectivity index (χ1) is 9.79. The number of nitrogens with zero attached hydrogens (tertiary/aromatic N) is 2. The second-order valence-corrected chi connectivity index (χ2v) is 6.05. The first-order valence-electron chi connectivity index (χ1n) is 7.66. The molecule has 1 aromatic carbocycles. The quantitative estimate of drug-likeness (QED) is 0.844. The molecule has 0 saturated carbocycles. The molecule has 20 heavy (non-hydrogen) atoms. The molecule has 3 rings (SSSR count). The summed E-state index contributed by atoms with van der Waals surface area (Å²) in [5.41, 5.74) is 8.02. The third-order valence-electron chi connectivity index (χ3n) is 4.36. The fourth-order valence-corrected chi connectivity index (χ4v) is 3.17. The molecule has 0 aromatic heterocycles. The van der Waals surface area contributed by atoms with Gasteiger partial charge in [0, 0.05) is 51.6 Å². The molecule has 1 unspecified atom stereocenters. The van der Waals surface area contributed by atoms with Crippen LogP contribution in [0.15, 0.2) is 24.3 Å². The lowest BCUT2D eigenvalue weighted by Crippen LogP contribution is -2.47. The molecule has 2 aliphatic rings. The molecule has 2 saturated heterocycles. The van der Waals surface area contributed by atoms with Gasteiger partial charge in [0.1, 0.15) is 0 Å². The van der Waals surface area contributed by atoms with Crippen LogP contribution in [-0.2, 0) is 11.3 Å². The van der Waals surface area contributed by atoms with E-state index in [9.17, 15) is 0 Å². The summed E-state index contributed by atoms with van der Waals surface area (Å²) in [5.74, 6) is 0.760. The summed E-state index contributed by atoms with van der Waals surface area (Å²) in [5, 5.41) is 0. The van der Waals surface area contributed by atoms with Gasteiger partial charge in [0.05, 0.1) is 6.61 Å². The minimum atomic E-state index is 0.760. The van der Waals surface area contributed by atoms with Crippen LogP contribution in [0.25, 0.3) is 0 Å². The third kappa shape index (κ3) is 3.72. The van der Waals surface area contributed by atoms with Crippen LogP contribution in [0.4, 0.5) is 5.69 Å². The highest BCUT2D eigenvalue weighted by atomic mass is 16.5. The van der Waals surface area contributed by atoms with E-state index >= 15 is 0 Å². The number of hydrogen-bond acceptors (Lipinski definition) is 4. The van der Waals surface area contributed by atoms with Crippen molar-refractivity contribution >= 4 is 5.69 Å². The monoisotopic (exact) mass is 275 g/mol. The summed E-state index contributed by atoms with van der Waals surface area (Å²) in [6.07, 6.45) is 1.24. The van der Waals surface area contributed by atoms with Crippen molar-refractivity contribution in [3.63, 3.8) is 0 Å². The molecule has 0 radical (unpaired) electrons. The minimum absolute atomic E-state index is 0.760. The number of piperazine rings is 1. The highest BCUT2D eigenvalue weighted by molar-refractivity contribution is 5.40. The van der Waals surface area contributed by atoms with E-state index < -0.39 is 0 Å². The van der Waals surface area contributed by atoms with Gasteiger partial charge >= 0.3 is 0 Å². The van der Waals surface area contributed by atoms with E-state index in [1.54, 1.807) is 0 Å². The summed E-state index contributed by atoms with van der Waals surface area (Å²) in [7, 11) is 0. The minimum Gasteiger partial charge on any atom is -0.399 e. The summed E-state index contributed by atoms with van der Waals surface area (Å²) in [4.78, 5) is 5.12. The molecule has 1 aromatic rings. The fourth-order valence-electron chi connectivity index (χ4n) is 3.17. The third-order valence-corrected chi connectivity index (χ3v) is 4.36. The van der Waals surface area contributed by atoms with Gasteiger partial charge in [-0.15, -0.1) is 0 Å². The Hall–Kier alpha value is -1.10. The van der Waals surface area contributed by atoms with E-state index in [2.05, 4.69) is 21.9 Å². The second kappa shape index (κ2) is 6.57. The van der Waals surface area contributed by atoms with E-state index in [0.29, 0.717) is 0 Å².